The minimum absolute atomic E-state index is 0.679. The number of nitrogens with one attached hydrogen (secondary N) is 2. The molecule has 1 saturated carbocycles. The van der Waals surface area contributed by atoms with Crippen molar-refractivity contribution in [1.82, 2.24) is 9.97 Å². The van der Waals surface area contributed by atoms with Crippen molar-refractivity contribution in [3.63, 3.8) is 0 Å². The molecule has 1 unspecified atom stereocenters. The van der Waals surface area contributed by atoms with E-state index in [2.05, 4.69) is 27.5 Å². The largest absolute Gasteiger partial charge is 0.490 e. The van der Waals surface area contributed by atoms with Gasteiger partial charge in [-0.15, -0.1) is 0 Å². The molecule has 2 N–H and O–H groups in total. The van der Waals surface area contributed by atoms with E-state index in [4.69, 9.17) is 4.74 Å². The molecule has 0 spiro atoms. The topological polar surface area (TPSA) is 59.1 Å². The van der Waals surface area contributed by atoms with Crippen molar-refractivity contribution >= 4 is 11.6 Å². The van der Waals surface area contributed by atoms with Gasteiger partial charge in [0.2, 0.25) is 5.75 Å². The zero-order chi connectivity index (χ0) is 12.3. The third kappa shape index (κ3) is 2.78. The fourth-order valence-corrected chi connectivity index (χ4v) is 1.96. The van der Waals surface area contributed by atoms with Gasteiger partial charge >= 0.3 is 0 Å². The molecule has 1 aliphatic rings. The average molecular weight is 236 g/mol. The molecule has 0 radical (unpaired) electrons. The van der Waals surface area contributed by atoms with Crippen molar-refractivity contribution < 1.29 is 4.74 Å². The van der Waals surface area contributed by atoms with Crippen molar-refractivity contribution in [1.29, 1.82) is 0 Å². The van der Waals surface area contributed by atoms with Crippen LogP contribution in [-0.2, 0) is 0 Å². The Morgan fingerprint density at radius 1 is 1.41 bits per heavy atom. The predicted molar refractivity (Wildman–Crippen MR) is 68.5 cm³/mol. The molecule has 1 fully saturated rings. The van der Waals surface area contributed by atoms with Crippen molar-refractivity contribution in [2.24, 2.45) is 11.8 Å². The summed E-state index contributed by atoms with van der Waals surface area (Å²) >= 11 is 0. The molecular weight excluding hydrogens is 216 g/mol. The maximum Gasteiger partial charge on any atom is 0.204 e. The molecule has 2 rings (SSSR count). The fourth-order valence-electron chi connectivity index (χ4n) is 1.96. The standard InChI is InChI=1S/C12H20N4O/c1-8(9-4-5-9)6-14-12-10(17-3)11(13-2)15-7-16-12/h7-9H,4-6H2,1-3H3,(H2,13,14,15,16). The zero-order valence-electron chi connectivity index (χ0n) is 10.7. The number of aromatic nitrogens is 2. The van der Waals surface area contributed by atoms with Gasteiger partial charge in [0.1, 0.15) is 6.33 Å². The normalized spacial score (nSPS) is 16.4. The van der Waals surface area contributed by atoms with Gasteiger partial charge in [-0.25, -0.2) is 9.97 Å². The molecule has 1 aromatic rings. The molecule has 1 aliphatic carbocycles. The number of rotatable bonds is 6. The van der Waals surface area contributed by atoms with Crippen molar-refractivity contribution in [2.45, 2.75) is 19.8 Å². The van der Waals surface area contributed by atoms with Gasteiger partial charge < -0.3 is 15.4 Å². The smallest absolute Gasteiger partial charge is 0.204 e. The first-order chi connectivity index (χ1) is 8.26. The van der Waals surface area contributed by atoms with E-state index in [1.54, 1.807) is 13.4 Å². The van der Waals surface area contributed by atoms with Crippen molar-refractivity contribution in [2.75, 3.05) is 31.3 Å². The summed E-state index contributed by atoms with van der Waals surface area (Å²) in [6.07, 6.45) is 4.27. The molecule has 17 heavy (non-hydrogen) atoms. The minimum atomic E-state index is 0.679. The van der Waals surface area contributed by atoms with Crippen LogP contribution in [0, 0.1) is 11.8 Å². The summed E-state index contributed by atoms with van der Waals surface area (Å²) < 4.78 is 5.33. The zero-order valence-corrected chi connectivity index (χ0v) is 10.7. The van der Waals surface area contributed by atoms with Gasteiger partial charge in [-0.3, -0.25) is 0 Å². The first-order valence-electron chi connectivity index (χ1n) is 6.06. The first kappa shape index (κ1) is 12.0. The second-order valence-corrected chi connectivity index (χ2v) is 4.55. The molecular formula is C12H20N4O. The molecule has 0 aromatic carbocycles. The van der Waals surface area contributed by atoms with Gasteiger partial charge in [0.25, 0.3) is 0 Å². The number of hydrogen-bond acceptors (Lipinski definition) is 5. The Bertz CT molecular complexity index is 379. The molecule has 0 amide bonds. The van der Waals surface area contributed by atoms with Crippen molar-refractivity contribution in [3.05, 3.63) is 6.33 Å². The molecule has 1 atom stereocenters. The van der Waals surface area contributed by atoms with Crippen LogP contribution in [0.4, 0.5) is 11.6 Å². The molecule has 1 aromatic heterocycles. The van der Waals surface area contributed by atoms with Crippen LogP contribution in [0.5, 0.6) is 5.75 Å². The molecule has 0 aliphatic heterocycles. The van der Waals surface area contributed by atoms with E-state index < -0.39 is 0 Å². The lowest BCUT2D eigenvalue weighted by Gasteiger charge is -2.15. The van der Waals surface area contributed by atoms with Gasteiger partial charge in [0.15, 0.2) is 11.6 Å². The second kappa shape index (κ2) is 5.21. The van der Waals surface area contributed by atoms with E-state index in [1.807, 2.05) is 7.05 Å². The van der Waals surface area contributed by atoms with Crippen LogP contribution in [0.2, 0.25) is 0 Å². The monoisotopic (exact) mass is 236 g/mol. The van der Waals surface area contributed by atoms with Crippen LogP contribution < -0.4 is 15.4 Å². The highest BCUT2D eigenvalue weighted by atomic mass is 16.5. The Morgan fingerprint density at radius 3 is 2.71 bits per heavy atom. The summed E-state index contributed by atoms with van der Waals surface area (Å²) in [7, 11) is 3.45. The highest BCUT2D eigenvalue weighted by molar-refractivity contribution is 5.63. The molecule has 1 heterocycles. The van der Waals surface area contributed by atoms with Crippen LogP contribution in [0.25, 0.3) is 0 Å². The predicted octanol–water partition coefficient (Wildman–Crippen LogP) is 1.98. The summed E-state index contributed by atoms with van der Waals surface area (Å²) in [5.74, 6) is 3.73. The van der Waals surface area contributed by atoms with E-state index in [9.17, 15) is 0 Å². The van der Waals surface area contributed by atoms with E-state index in [1.165, 1.54) is 12.8 Å². The average Bonchev–Trinajstić information content (AvgIpc) is 3.19. The van der Waals surface area contributed by atoms with Gasteiger partial charge in [-0.1, -0.05) is 6.92 Å². The molecule has 94 valence electrons. The van der Waals surface area contributed by atoms with E-state index in [-0.39, 0.29) is 0 Å². The fraction of sp³-hybridized carbons (Fsp3) is 0.667. The third-order valence-electron chi connectivity index (χ3n) is 3.26. The van der Waals surface area contributed by atoms with Gasteiger partial charge in [0, 0.05) is 13.6 Å². The first-order valence-corrected chi connectivity index (χ1v) is 6.06. The minimum Gasteiger partial charge on any atom is -0.490 e. The van der Waals surface area contributed by atoms with E-state index >= 15 is 0 Å². The SMILES string of the molecule is CNc1ncnc(NCC(C)C2CC2)c1OC. The number of nitrogens with zero attached hydrogens (tertiary/aromatic N) is 2. The molecule has 0 saturated heterocycles. The number of methoxy groups -OCH3 is 1. The maximum absolute atomic E-state index is 5.33. The van der Waals surface area contributed by atoms with E-state index in [0.717, 1.165) is 18.3 Å². The van der Waals surface area contributed by atoms with Gasteiger partial charge in [0.05, 0.1) is 7.11 Å². The Kier molecular flexibility index (Phi) is 3.66. The molecule has 5 heteroatoms. The van der Waals surface area contributed by atoms with Crippen LogP contribution in [0.15, 0.2) is 6.33 Å². The third-order valence-corrected chi connectivity index (χ3v) is 3.26. The van der Waals surface area contributed by atoms with Crippen LogP contribution in [0.1, 0.15) is 19.8 Å². The van der Waals surface area contributed by atoms with Crippen LogP contribution in [-0.4, -0.2) is 30.7 Å². The summed E-state index contributed by atoms with van der Waals surface area (Å²) in [5.41, 5.74) is 0. The Labute approximate surface area is 102 Å². The van der Waals surface area contributed by atoms with Crippen LogP contribution >= 0.6 is 0 Å². The Balaban J connectivity index is 2.03. The van der Waals surface area contributed by atoms with Crippen LogP contribution in [0.3, 0.4) is 0 Å². The van der Waals surface area contributed by atoms with E-state index in [0.29, 0.717) is 17.5 Å². The Hall–Kier alpha value is -1.52. The summed E-state index contributed by atoms with van der Waals surface area (Å²) in [6.45, 7) is 3.21. The van der Waals surface area contributed by atoms with Crippen molar-refractivity contribution in [3.8, 4) is 5.75 Å². The molecule has 5 nitrogen and oxygen atoms in total. The quantitative estimate of drug-likeness (QED) is 0.791. The van der Waals surface area contributed by atoms with Gasteiger partial charge in [-0.05, 0) is 24.7 Å². The molecule has 0 bridgehead atoms. The lowest BCUT2D eigenvalue weighted by molar-refractivity contribution is 0.414. The van der Waals surface area contributed by atoms with Gasteiger partial charge in [-0.2, -0.15) is 0 Å². The number of anilines is 2. The highest BCUT2D eigenvalue weighted by Gasteiger charge is 2.27. The maximum atomic E-state index is 5.33. The number of ether oxygens (including phenoxy) is 1. The second-order valence-electron chi connectivity index (χ2n) is 4.55. The number of hydrogen-bond donors (Lipinski definition) is 2. The highest BCUT2D eigenvalue weighted by Crippen LogP contribution is 2.37. The lowest BCUT2D eigenvalue weighted by atomic mass is 10.1. The Morgan fingerprint density at radius 2 is 2.12 bits per heavy atom. The lowest BCUT2D eigenvalue weighted by Crippen LogP contribution is -2.15. The summed E-state index contributed by atoms with van der Waals surface area (Å²) in [4.78, 5) is 8.34. The summed E-state index contributed by atoms with van der Waals surface area (Å²) in [5, 5.41) is 6.34. The summed E-state index contributed by atoms with van der Waals surface area (Å²) in [6, 6.07) is 0.